The first-order valence-electron chi connectivity index (χ1n) is 6.59. The number of carbonyl (C=O) groups is 1. The van der Waals surface area contributed by atoms with E-state index >= 15 is 0 Å². The Kier molecular flexibility index (Phi) is 3.90. The Labute approximate surface area is 112 Å². The molecule has 0 saturated heterocycles. The lowest BCUT2D eigenvalue weighted by atomic mass is 9.96. The van der Waals surface area contributed by atoms with Gasteiger partial charge < -0.3 is 15.4 Å². The number of carbonyl (C=O) groups excluding carboxylic acids is 1. The Bertz CT molecular complexity index is 576. The molecule has 4 nitrogen and oxygen atoms in total. The van der Waals surface area contributed by atoms with Gasteiger partial charge in [0.15, 0.2) is 0 Å². The highest BCUT2D eigenvalue weighted by Crippen LogP contribution is 2.19. The summed E-state index contributed by atoms with van der Waals surface area (Å²) in [7, 11) is 0. The van der Waals surface area contributed by atoms with Gasteiger partial charge in [-0.1, -0.05) is 25.5 Å². The summed E-state index contributed by atoms with van der Waals surface area (Å²) >= 11 is 0. The van der Waals surface area contributed by atoms with Gasteiger partial charge in [0.2, 0.25) is 0 Å². The molecule has 0 radical (unpaired) electrons. The topological polar surface area (TPSA) is 65.1 Å². The van der Waals surface area contributed by atoms with E-state index in [-0.39, 0.29) is 12.5 Å². The smallest absolute Gasteiger partial charge is 0.253 e. The van der Waals surface area contributed by atoms with Crippen molar-refractivity contribution in [1.29, 1.82) is 0 Å². The lowest BCUT2D eigenvalue weighted by Gasteiger charge is -2.28. The van der Waals surface area contributed by atoms with Crippen molar-refractivity contribution in [3.63, 3.8) is 0 Å². The van der Waals surface area contributed by atoms with Crippen LogP contribution in [-0.4, -0.2) is 28.1 Å². The number of hydrogen-bond donors (Lipinski definition) is 3. The van der Waals surface area contributed by atoms with E-state index in [4.69, 9.17) is 0 Å². The van der Waals surface area contributed by atoms with Gasteiger partial charge in [-0.2, -0.15) is 0 Å². The van der Waals surface area contributed by atoms with E-state index in [2.05, 4.69) is 10.3 Å². The van der Waals surface area contributed by atoms with E-state index in [1.54, 1.807) is 6.07 Å². The zero-order chi connectivity index (χ0) is 13.9. The van der Waals surface area contributed by atoms with E-state index in [9.17, 15) is 9.90 Å². The molecule has 1 heterocycles. The molecule has 0 aliphatic rings. The summed E-state index contributed by atoms with van der Waals surface area (Å²) < 4.78 is 0. The van der Waals surface area contributed by atoms with Gasteiger partial charge in [0.1, 0.15) is 0 Å². The van der Waals surface area contributed by atoms with Crippen molar-refractivity contribution in [3.8, 4) is 0 Å². The number of H-pyrrole nitrogens is 1. The summed E-state index contributed by atoms with van der Waals surface area (Å²) in [6, 6.07) is 7.54. The predicted octanol–water partition coefficient (Wildman–Crippen LogP) is 2.45. The van der Waals surface area contributed by atoms with Crippen molar-refractivity contribution in [1.82, 2.24) is 10.3 Å². The van der Waals surface area contributed by atoms with E-state index in [0.29, 0.717) is 5.56 Å². The number of aliphatic hydroxyl groups excluding tert-OH is 1. The molecule has 2 rings (SSSR count). The Morgan fingerprint density at radius 2 is 2.21 bits per heavy atom. The highest BCUT2D eigenvalue weighted by Gasteiger charge is 2.25. The highest BCUT2D eigenvalue weighted by atomic mass is 16.3. The van der Waals surface area contributed by atoms with Crippen LogP contribution in [0.25, 0.3) is 10.9 Å². The van der Waals surface area contributed by atoms with Crippen molar-refractivity contribution in [2.45, 2.75) is 32.2 Å². The lowest BCUT2D eigenvalue weighted by molar-refractivity contribution is 0.0842. The van der Waals surface area contributed by atoms with Crippen molar-refractivity contribution >= 4 is 16.8 Å². The number of rotatable bonds is 5. The average molecular weight is 260 g/mol. The molecule has 3 N–H and O–H groups in total. The molecular formula is C15H20N2O2. The minimum Gasteiger partial charge on any atom is -0.394 e. The molecule has 0 spiro atoms. The summed E-state index contributed by atoms with van der Waals surface area (Å²) in [6.45, 7) is 3.84. The van der Waals surface area contributed by atoms with Gasteiger partial charge in [0.25, 0.3) is 5.91 Å². The van der Waals surface area contributed by atoms with E-state index in [0.717, 1.165) is 23.7 Å². The van der Waals surface area contributed by atoms with Gasteiger partial charge in [-0.05, 0) is 25.5 Å². The standard InChI is InChI=1S/C15H20N2O2/c1-3-8-15(2,10-18)17-14(19)12-6-4-5-11-7-9-16-13(11)12/h4-7,9,16,18H,3,8,10H2,1-2H3,(H,17,19). The van der Waals surface area contributed by atoms with E-state index in [1.807, 2.05) is 38.2 Å². The second-order valence-electron chi connectivity index (χ2n) is 5.17. The van der Waals surface area contributed by atoms with Gasteiger partial charge in [-0.25, -0.2) is 0 Å². The maximum absolute atomic E-state index is 12.4. The number of amides is 1. The molecule has 0 saturated carbocycles. The fourth-order valence-corrected chi connectivity index (χ4v) is 2.35. The average Bonchev–Trinajstić information content (AvgIpc) is 2.86. The van der Waals surface area contributed by atoms with E-state index in [1.165, 1.54) is 0 Å². The Morgan fingerprint density at radius 3 is 2.89 bits per heavy atom. The van der Waals surface area contributed by atoms with Crippen molar-refractivity contribution < 1.29 is 9.90 Å². The summed E-state index contributed by atoms with van der Waals surface area (Å²) in [4.78, 5) is 15.4. The number of aliphatic hydroxyl groups is 1. The quantitative estimate of drug-likeness (QED) is 0.773. The first-order chi connectivity index (χ1) is 9.09. The molecule has 0 aliphatic heterocycles. The van der Waals surface area contributed by atoms with E-state index < -0.39 is 5.54 Å². The fourth-order valence-electron chi connectivity index (χ4n) is 2.35. The van der Waals surface area contributed by atoms with Crippen LogP contribution in [0.2, 0.25) is 0 Å². The molecule has 1 aromatic heterocycles. The van der Waals surface area contributed by atoms with Crippen LogP contribution in [0, 0.1) is 0 Å². The molecule has 102 valence electrons. The molecule has 0 fully saturated rings. The number of hydrogen-bond acceptors (Lipinski definition) is 2. The van der Waals surface area contributed by atoms with Crippen LogP contribution in [0.1, 0.15) is 37.0 Å². The third-order valence-corrected chi connectivity index (χ3v) is 3.40. The highest BCUT2D eigenvalue weighted by molar-refractivity contribution is 6.05. The van der Waals surface area contributed by atoms with Crippen LogP contribution < -0.4 is 5.32 Å². The van der Waals surface area contributed by atoms with Gasteiger partial charge >= 0.3 is 0 Å². The number of benzene rings is 1. The van der Waals surface area contributed by atoms with Crippen LogP contribution in [0.4, 0.5) is 0 Å². The van der Waals surface area contributed by atoms with Gasteiger partial charge in [0.05, 0.1) is 23.2 Å². The summed E-state index contributed by atoms with van der Waals surface area (Å²) in [5.74, 6) is -0.155. The Balaban J connectivity index is 2.27. The molecule has 4 heteroatoms. The maximum atomic E-state index is 12.4. The predicted molar refractivity (Wildman–Crippen MR) is 76.2 cm³/mol. The summed E-state index contributed by atoms with van der Waals surface area (Å²) in [5.41, 5.74) is 0.871. The number of nitrogens with one attached hydrogen (secondary N) is 2. The first-order valence-corrected chi connectivity index (χ1v) is 6.59. The number of aromatic amines is 1. The molecule has 1 amide bonds. The van der Waals surface area contributed by atoms with Crippen molar-refractivity contribution in [2.75, 3.05) is 6.61 Å². The largest absolute Gasteiger partial charge is 0.394 e. The zero-order valence-electron chi connectivity index (χ0n) is 11.4. The Morgan fingerprint density at radius 1 is 1.42 bits per heavy atom. The van der Waals surface area contributed by atoms with Crippen LogP contribution in [0.3, 0.4) is 0 Å². The molecule has 2 aromatic rings. The van der Waals surface area contributed by atoms with Crippen LogP contribution in [0.15, 0.2) is 30.5 Å². The maximum Gasteiger partial charge on any atom is 0.253 e. The number of para-hydroxylation sites is 1. The second-order valence-corrected chi connectivity index (χ2v) is 5.17. The molecule has 1 unspecified atom stereocenters. The molecular weight excluding hydrogens is 240 g/mol. The zero-order valence-corrected chi connectivity index (χ0v) is 11.4. The lowest BCUT2D eigenvalue weighted by Crippen LogP contribution is -2.48. The normalized spacial score (nSPS) is 14.3. The van der Waals surface area contributed by atoms with Gasteiger partial charge in [-0.3, -0.25) is 4.79 Å². The molecule has 1 atom stereocenters. The number of fused-ring (bicyclic) bond motifs is 1. The number of aromatic nitrogens is 1. The molecule has 0 bridgehead atoms. The summed E-state index contributed by atoms with van der Waals surface area (Å²) in [6.07, 6.45) is 3.47. The monoisotopic (exact) mass is 260 g/mol. The minimum atomic E-state index is -0.569. The molecule has 0 aliphatic carbocycles. The fraction of sp³-hybridized carbons (Fsp3) is 0.400. The van der Waals surface area contributed by atoms with Crippen LogP contribution in [0.5, 0.6) is 0 Å². The summed E-state index contributed by atoms with van der Waals surface area (Å²) in [5, 5.41) is 13.4. The SMILES string of the molecule is CCCC(C)(CO)NC(=O)c1cccc2cc[nH]c12. The molecule has 19 heavy (non-hydrogen) atoms. The first kappa shape index (κ1) is 13.6. The minimum absolute atomic E-state index is 0.0622. The third-order valence-electron chi connectivity index (χ3n) is 3.40. The van der Waals surface area contributed by atoms with Crippen molar-refractivity contribution in [3.05, 3.63) is 36.0 Å². The van der Waals surface area contributed by atoms with Crippen molar-refractivity contribution in [2.24, 2.45) is 0 Å². The molecule has 1 aromatic carbocycles. The Hall–Kier alpha value is -1.81. The van der Waals surface area contributed by atoms with Crippen LogP contribution in [-0.2, 0) is 0 Å². The van der Waals surface area contributed by atoms with Gasteiger partial charge in [0, 0.05) is 11.6 Å². The second kappa shape index (κ2) is 5.45. The third kappa shape index (κ3) is 2.79. The van der Waals surface area contributed by atoms with Gasteiger partial charge in [-0.15, -0.1) is 0 Å². The van der Waals surface area contributed by atoms with Crippen LogP contribution >= 0.6 is 0 Å².